The molecule has 1 aliphatic rings. The van der Waals surface area contributed by atoms with Gasteiger partial charge in [0.25, 0.3) is 0 Å². The van der Waals surface area contributed by atoms with Gasteiger partial charge in [-0.3, -0.25) is 9.69 Å². The van der Waals surface area contributed by atoms with Crippen molar-refractivity contribution in [2.45, 2.75) is 25.9 Å². The first-order chi connectivity index (χ1) is 8.63. The maximum Gasteiger partial charge on any atom is 0.200 e. The first-order valence-electron chi connectivity index (χ1n) is 6.45. The zero-order chi connectivity index (χ0) is 13.1. The Balaban J connectivity index is 2.16. The molecule has 0 aromatic carbocycles. The monoisotopic (exact) mass is 251 g/mol. The molecule has 0 amide bonds. The van der Waals surface area contributed by atoms with E-state index in [0.717, 1.165) is 32.6 Å². The van der Waals surface area contributed by atoms with E-state index >= 15 is 0 Å². The lowest BCUT2D eigenvalue weighted by Gasteiger charge is -2.36. The minimum Gasteiger partial charge on any atom is -0.303 e. The first kappa shape index (κ1) is 13.2. The zero-order valence-electron chi connectivity index (χ0n) is 11.3. The topological polar surface area (TPSA) is 54.3 Å². The molecule has 0 saturated carbocycles. The van der Waals surface area contributed by atoms with E-state index in [1.807, 2.05) is 7.05 Å². The van der Waals surface area contributed by atoms with Crippen LogP contribution in [0.15, 0.2) is 6.20 Å². The van der Waals surface area contributed by atoms with Gasteiger partial charge in [0.2, 0.25) is 5.78 Å². The van der Waals surface area contributed by atoms with E-state index in [4.69, 9.17) is 0 Å². The minimum atomic E-state index is -0.0853. The molecule has 1 aliphatic heterocycles. The molecular weight excluding hydrogens is 230 g/mol. The maximum absolute atomic E-state index is 12.5. The molecule has 0 N–H and O–H groups in total. The summed E-state index contributed by atoms with van der Waals surface area (Å²) in [6.07, 6.45) is 2.53. The predicted octanol–water partition coefficient (Wildman–Crippen LogP) is 0.117. The van der Waals surface area contributed by atoms with Crippen LogP contribution >= 0.6 is 0 Å². The molecule has 6 heteroatoms. The molecule has 0 bridgehead atoms. The number of hydrogen-bond donors (Lipinski definition) is 0. The second-order valence-electron chi connectivity index (χ2n) is 4.97. The summed E-state index contributed by atoms with van der Waals surface area (Å²) in [6, 6.07) is -0.0853. The number of piperazine rings is 1. The molecule has 6 nitrogen and oxygen atoms in total. The van der Waals surface area contributed by atoms with Crippen LogP contribution < -0.4 is 0 Å². The number of carbonyl (C=O) groups excluding carboxylic acids is 1. The highest BCUT2D eigenvalue weighted by Crippen LogP contribution is 2.12. The molecule has 0 spiro atoms. The molecule has 100 valence electrons. The summed E-state index contributed by atoms with van der Waals surface area (Å²) >= 11 is 0. The third-order valence-corrected chi connectivity index (χ3v) is 3.46. The summed E-state index contributed by atoms with van der Waals surface area (Å²) in [7, 11) is 4.05. The number of likely N-dealkylation sites (N-methyl/N-ethyl adjacent to an activating group) is 2. The Morgan fingerprint density at radius 3 is 2.94 bits per heavy atom. The Morgan fingerprint density at radius 1 is 1.44 bits per heavy atom. The van der Waals surface area contributed by atoms with E-state index in [2.05, 4.69) is 34.1 Å². The highest BCUT2D eigenvalue weighted by molar-refractivity contribution is 5.98. The van der Waals surface area contributed by atoms with E-state index in [9.17, 15) is 4.79 Å². The van der Waals surface area contributed by atoms with Gasteiger partial charge in [0, 0.05) is 26.2 Å². The maximum atomic E-state index is 12.5. The van der Waals surface area contributed by atoms with Crippen LogP contribution in [0.4, 0.5) is 0 Å². The average molecular weight is 251 g/mol. The number of nitrogens with zero attached hydrogens (tertiary/aromatic N) is 5. The van der Waals surface area contributed by atoms with Gasteiger partial charge in [0.1, 0.15) is 5.69 Å². The second kappa shape index (κ2) is 5.58. The smallest absolute Gasteiger partial charge is 0.200 e. The second-order valence-corrected chi connectivity index (χ2v) is 4.97. The number of aryl methyl sites for hydroxylation is 1. The molecule has 1 saturated heterocycles. The van der Waals surface area contributed by atoms with Crippen LogP contribution in [0.25, 0.3) is 0 Å². The van der Waals surface area contributed by atoms with E-state index in [-0.39, 0.29) is 11.8 Å². The number of ketones is 1. The fraction of sp³-hybridized carbons (Fsp3) is 0.750. The van der Waals surface area contributed by atoms with Crippen molar-refractivity contribution in [3.8, 4) is 0 Å². The van der Waals surface area contributed by atoms with Crippen molar-refractivity contribution in [2.24, 2.45) is 0 Å². The lowest BCUT2D eigenvalue weighted by atomic mass is 10.1. The van der Waals surface area contributed by atoms with Gasteiger partial charge in [-0.05, 0) is 20.5 Å². The molecule has 1 aromatic rings. The fourth-order valence-corrected chi connectivity index (χ4v) is 2.29. The Morgan fingerprint density at radius 2 is 2.22 bits per heavy atom. The summed E-state index contributed by atoms with van der Waals surface area (Å²) in [4.78, 5) is 16.9. The summed E-state index contributed by atoms with van der Waals surface area (Å²) in [5.74, 6) is 0.127. The number of aromatic nitrogens is 3. The van der Waals surface area contributed by atoms with Gasteiger partial charge in [-0.15, -0.1) is 5.10 Å². The molecule has 1 fully saturated rings. The third kappa shape index (κ3) is 2.59. The lowest BCUT2D eigenvalue weighted by Crippen LogP contribution is -2.53. The van der Waals surface area contributed by atoms with Gasteiger partial charge in [0.05, 0.1) is 12.2 Å². The van der Waals surface area contributed by atoms with Crippen LogP contribution in [-0.2, 0) is 6.54 Å². The largest absolute Gasteiger partial charge is 0.303 e. The number of Topliss-reactive ketones (excluding diaryl/α,β-unsaturated/α-hetero) is 1. The van der Waals surface area contributed by atoms with Crippen molar-refractivity contribution < 1.29 is 4.79 Å². The Labute approximate surface area is 108 Å². The van der Waals surface area contributed by atoms with E-state index in [1.165, 1.54) is 0 Å². The Kier molecular flexibility index (Phi) is 4.08. The highest BCUT2D eigenvalue weighted by atomic mass is 16.1. The van der Waals surface area contributed by atoms with Gasteiger partial charge < -0.3 is 4.90 Å². The summed E-state index contributed by atoms with van der Waals surface area (Å²) in [6.45, 7) is 5.51. The van der Waals surface area contributed by atoms with Gasteiger partial charge in [0.15, 0.2) is 0 Å². The number of rotatable bonds is 4. The van der Waals surface area contributed by atoms with Crippen molar-refractivity contribution in [3.63, 3.8) is 0 Å². The summed E-state index contributed by atoms with van der Waals surface area (Å²) < 4.78 is 1.71. The Bertz CT molecular complexity index is 416. The molecule has 0 radical (unpaired) electrons. The van der Waals surface area contributed by atoms with E-state index in [0.29, 0.717) is 5.69 Å². The number of hydrogen-bond acceptors (Lipinski definition) is 5. The normalized spacial score (nSPS) is 22.3. The first-order valence-corrected chi connectivity index (χ1v) is 6.45. The summed E-state index contributed by atoms with van der Waals surface area (Å²) in [5, 5.41) is 7.84. The highest BCUT2D eigenvalue weighted by Gasteiger charge is 2.31. The Hall–Kier alpha value is -1.27. The van der Waals surface area contributed by atoms with Crippen LogP contribution in [0, 0.1) is 0 Å². The lowest BCUT2D eigenvalue weighted by molar-refractivity contribution is 0.0675. The van der Waals surface area contributed by atoms with Crippen LogP contribution in [0.5, 0.6) is 0 Å². The zero-order valence-corrected chi connectivity index (χ0v) is 11.3. The third-order valence-electron chi connectivity index (χ3n) is 3.46. The number of carbonyl (C=O) groups is 1. The molecule has 2 heterocycles. The van der Waals surface area contributed by atoms with Crippen molar-refractivity contribution in [1.82, 2.24) is 24.8 Å². The van der Waals surface area contributed by atoms with Crippen LogP contribution in [-0.4, -0.2) is 70.3 Å². The standard InChI is InChI=1S/C12H21N5O/c1-4-5-17-10(8-13-14-17)12(18)11-9-15(2)6-7-16(11)3/h8,11H,4-7,9H2,1-3H3. The molecule has 1 aromatic heterocycles. The minimum absolute atomic E-state index is 0.0853. The molecule has 18 heavy (non-hydrogen) atoms. The van der Waals surface area contributed by atoms with E-state index in [1.54, 1.807) is 10.9 Å². The van der Waals surface area contributed by atoms with E-state index < -0.39 is 0 Å². The SMILES string of the molecule is CCCn1nncc1C(=O)C1CN(C)CCN1C. The molecule has 0 aliphatic carbocycles. The quantitative estimate of drug-likeness (QED) is 0.711. The van der Waals surface area contributed by atoms with Crippen molar-refractivity contribution in [3.05, 3.63) is 11.9 Å². The molecular formula is C12H21N5O. The molecule has 1 unspecified atom stereocenters. The van der Waals surface area contributed by atoms with Crippen LogP contribution in [0.1, 0.15) is 23.8 Å². The van der Waals surface area contributed by atoms with Crippen LogP contribution in [0.3, 0.4) is 0 Å². The summed E-state index contributed by atoms with van der Waals surface area (Å²) in [5.41, 5.74) is 0.629. The van der Waals surface area contributed by atoms with Crippen molar-refractivity contribution in [2.75, 3.05) is 33.7 Å². The van der Waals surface area contributed by atoms with Gasteiger partial charge >= 0.3 is 0 Å². The molecule has 2 rings (SSSR count). The fourth-order valence-electron chi connectivity index (χ4n) is 2.29. The van der Waals surface area contributed by atoms with Gasteiger partial charge in [-0.1, -0.05) is 12.1 Å². The predicted molar refractivity (Wildman–Crippen MR) is 68.6 cm³/mol. The van der Waals surface area contributed by atoms with Crippen molar-refractivity contribution >= 4 is 5.78 Å². The van der Waals surface area contributed by atoms with Crippen molar-refractivity contribution in [1.29, 1.82) is 0 Å². The van der Waals surface area contributed by atoms with Gasteiger partial charge in [-0.2, -0.15) is 0 Å². The average Bonchev–Trinajstić information content (AvgIpc) is 2.80. The van der Waals surface area contributed by atoms with Gasteiger partial charge in [-0.25, -0.2) is 4.68 Å². The van der Waals surface area contributed by atoms with Crippen LogP contribution in [0.2, 0.25) is 0 Å². The molecule has 1 atom stereocenters.